The number of hydrogen-bond donors (Lipinski definition) is 0. The van der Waals surface area contributed by atoms with Crippen LogP contribution in [0.25, 0.3) is 5.57 Å². The van der Waals surface area contributed by atoms with Crippen LogP contribution in [0.3, 0.4) is 0 Å². The summed E-state index contributed by atoms with van der Waals surface area (Å²) in [4.78, 5) is 26.7. The molecule has 0 heterocycles. The van der Waals surface area contributed by atoms with Gasteiger partial charge >= 0.3 is 0 Å². The lowest BCUT2D eigenvalue weighted by Gasteiger charge is -2.25. The molecule has 0 saturated heterocycles. The molecule has 3 heteroatoms. The Bertz CT molecular complexity index is 841. The molecule has 0 aliphatic heterocycles. The van der Waals surface area contributed by atoms with Gasteiger partial charge in [0.25, 0.3) is 0 Å². The van der Waals surface area contributed by atoms with Gasteiger partial charge in [-0.15, -0.1) is 0 Å². The molecule has 3 nitrogen and oxygen atoms in total. The first-order valence-electron chi connectivity index (χ1n) is 9.90. The molecule has 2 aromatic rings. The van der Waals surface area contributed by atoms with E-state index in [1.807, 2.05) is 12.1 Å². The van der Waals surface area contributed by atoms with E-state index < -0.39 is 11.6 Å². The fraction of sp³-hybridized carbons (Fsp3) is 0.333. The Labute approximate surface area is 161 Å². The highest BCUT2D eigenvalue weighted by Gasteiger charge is 2.25. The highest BCUT2D eigenvalue weighted by molar-refractivity contribution is 6.51. The quantitative estimate of drug-likeness (QED) is 0.600. The van der Waals surface area contributed by atoms with Gasteiger partial charge in [0, 0.05) is 24.3 Å². The summed E-state index contributed by atoms with van der Waals surface area (Å²) in [5, 5.41) is 0. The van der Waals surface area contributed by atoms with E-state index in [0.717, 1.165) is 29.8 Å². The van der Waals surface area contributed by atoms with Gasteiger partial charge in [0.2, 0.25) is 11.6 Å². The van der Waals surface area contributed by atoms with Crippen molar-refractivity contribution >= 4 is 22.8 Å². The van der Waals surface area contributed by atoms with Crippen LogP contribution in [-0.4, -0.2) is 24.7 Å². The molecule has 0 N–H and O–H groups in total. The Morgan fingerprint density at radius 3 is 1.96 bits per heavy atom. The number of allylic oxidation sites excluding steroid dienone is 1. The minimum atomic E-state index is -0.444. The largest absolute Gasteiger partial charge is 0.372 e. The minimum Gasteiger partial charge on any atom is -0.372 e. The smallest absolute Gasteiger partial charge is 0.233 e. The number of hydrogen-bond acceptors (Lipinski definition) is 3. The van der Waals surface area contributed by atoms with Gasteiger partial charge in [-0.1, -0.05) is 63.1 Å². The first kappa shape index (κ1) is 19.1. The van der Waals surface area contributed by atoms with E-state index in [1.54, 1.807) is 12.1 Å². The van der Waals surface area contributed by atoms with Gasteiger partial charge in [0.05, 0.1) is 0 Å². The summed E-state index contributed by atoms with van der Waals surface area (Å²) in [6, 6.07) is 15.7. The minimum absolute atomic E-state index is 0.420. The van der Waals surface area contributed by atoms with Crippen molar-refractivity contribution in [2.24, 2.45) is 0 Å². The van der Waals surface area contributed by atoms with Crippen molar-refractivity contribution in [1.82, 2.24) is 0 Å². The summed E-state index contributed by atoms with van der Waals surface area (Å²) in [6.45, 7) is 6.56. The van der Waals surface area contributed by atoms with Gasteiger partial charge < -0.3 is 4.90 Å². The van der Waals surface area contributed by atoms with Crippen molar-refractivity contribution in [3.8, 4) is 0 Å². The normalized spacial score (nSPS) is 13.3. The van der Waals surface area contributed by atoms with E-state index in [0.29, 0.717) is 5.56 Å². The molecule has 0 saturated carbocycles. The lowest BCUT2D eigenvalue weighted by Crippen LogP contribution is -2.25. The van der Waals surface area contributed by atoms with E-state index in [2.05, 4.69) is 43.0 Å². The second kappa shape index (κ2) is 8.81. The average molecular weight is 361 g/mol. The molecule has 0 unspecified atom stereocenters. The Morgan fingerprint density at radius 2 is 1.37 bits per heavy atom. The number of rotatable bonds is 8. The number of benzene rings is 2. The predicted molar refractivity (Wildman–Crippen MR) is 111 cm³/mol. The van der Waals surface area contributed by atoms with Crippen molar-refractivity contribution in [3.05, 3.63) is 71.3 Å². The van der Waals surface area contributed by atoms with Crippen LogP contribution < -0.4 is 4.90 Å². The third-order valence-corrected chi connectivity index (χ3v) is 5.07. The maximum Gasteiger partial charge on any atom is 0.233 e. The zero-order valence-electron chi connectivity index (χ0n) is 16.2. The fourth-order valence-electron chi connectivity index (χ4n) is 3.48. The highest BCUT2D eigenvalue weighted by atomic mass is 16.2. The summed E-state index contributed by atoms with van der Waals surface area (Å²) >= 11 is 0. The van der Waals surface area contributed by atoms with Gasteiger partial charge in [-0.25, -0.2) is 0 Å². The number of carbonyl (C=O) groups is 2. The maximum absolute atomic E-state index is 12.1. The lowest BCUT2D eigenvalue weighted by atomic mass is 9.85. The molecular formula is C24H27NO2. The van der Waals surface area contributed by atoms with Crippen LogP contribution in [0.15, 0.2) is 54.6 Å². The van der Waals surface area contributed by atoms with Crippen molar-refractivity contribution in [2.75, 3.05) is 18.0 Å². The molecule has 0 fully saturated rings. The maximum atomic E-state index is 12.1. The van der Waals surface area contributed by atoms with Crippen molar-refractivity contribution in [2.45, 2.75) is 39.5 Å². The van der Waals surface area contributed by atoms with Crippen LogP contribution in [0.2, 0.25) is 0 Å². The number of carbonyl (C=O) groups excluding carboxylic acids is 2. The first-order chi connectivity index (χ1) is 13.2. The van der Waals surface area contributed by atoms with Gasteiger partial charge in [-0.05, 0) is 47.8 Å². The zero-order valence-corrected chi connectivity index (χ0v) is 16.2. The monoisotopic (exact) mass is 361 g/mol. The van der Waals surface area contributed by atoms with Crippen LogP contribution in [0.5, 0.6) is 0 Å². The number of unbranched alkanes of at least 4 members (excludes halogenated alkanes) is 2. The first-order valence-corrected chi connectivity index (χ1v) is 9.90. The molecule has 140 valence electrons. The predicted octanol–water partition coefficient (Wildman–Crippen LogP) is 5.29. The van der Waals surface area contributed by atoms with Crippen LogP contribution >= 0.6 is 0 Å². The molecule has 0 aromatic heterocycles. The molecular weight excluding hydrogens is 334 g/mol. The van der Waals surface area contributed by atoms with Gasteiger partial charge in [0.15, 0.2) is 0 Å². The van der Waals surface area contributed by atoms with Gasteiger partial charge in [-0.3, -0.25) is 9.59 Å². The molecule has 0 radical (unpaired) electrons. The summed E-state index contributed by atoms with van der Waals surface area (Å²) in [5.41, 5.74) is 4.35. The molecule has 3 rings (SSSR count). The van der Waals surface area contributed by atoms with E-state index in [4.69, 9.17) is 0 Å². The Hall–Kier alpha value is -2.68. The topological polar surface area (TPSA) is 37.4 Å². The van der Waals surface area contributed by atoms with Crippen LogP contribution in [0.1, 0.15) is 61.0 Å². The molecule has 27 heavy (non-hydrogen) atoms. The van der Waals surface area contributed by atoms with Crippen LogP contribution in [-0.2, 0) is 4.79 Å². The number of nitrogens with zero attached hydrogens (tertiary/aromatic N) is 1. The molecule has 0 bridgehead atoms. The summed E-state index contributed by atoms with van der Waals surface area (Å²) in [6.07, 6.45) is 6.20. The Balaban J connectivity index is 1.89. The molecule has 0 amide bonds. The SMILES string of the molecule is CCCCN(CCCC)c1ccc(C2=CC(=O)C(=O)c3ccccc32)cc1. The second-order valence-electron chi connectivity index (χ2n) is 7.04. The summed E-state index contributed by atoms with van der Waals surface area (Å²) < 4.78 is 0. The standard InChI is InChI=1S/C24H27NO2/c1-3-5-15-25(16-6-4-2)19-13-11-18(12-14-19)22-17-23(26)24(27)21-10-8-7-9-20(21)22/h7-14,17H,3-6,15-16H2,1-2H3. The van der Waals surface area contributed by atoms with Crippen LogP contribution in [0, 0.1) is 0 Å². The van der Waals surface area contributed by atoms with Gasteiger partial charge in [0.1, 0.15) is 0 Å². The Morgan fingerprint density at radius 1 is 0.778 bits per heavy atom. The average Bonchev–Trinajstić information content (AvgIpc) is 2.71. The second-order valence-corrected chi connectivity index (χ2v) is 7.04. The highest BCUT2D eigenvalue weighted by Crippen LogP contribution is 2.31. The number of Topliss-reactive ketones (excluding diaryl/α,β-unsaturated/α-hetero) is 1. The van der Waals surface area contributed by atoms with Gasteiger partial charge in [-0.2, -0.15) is 0 Å². The third-order valence-electron chi connectivity index (χ3n) is 5.07. The van der Waals surface area contributed by atoms with Crippen molar-refractivity contribution in [3.63, 3.8) is 0 Å². The van der Waals surface area contributed by atoms with Crippen molar-refractivity contribution in [1.29, 1.82) is 0 Å². The van der Waals surface area contributed by atoms with E-state index in [9.17, 15) is 9.59 Å². The fourth-order valence-corrected chi connectivity index (χ4v) is 3.48. The van der Waals surface area contributed by atoms with E-state index in [1.165, 1.54) is 37.4 Å². The number of anilines is 1. The third kappa shape index (κ3) is 4.19. The van der Waals surface area contributed by atoms with E-state index >= 15 is 0 Å². The lowest BCUT2D eigenvalue weighted by molar-refractivity contribution is -0.111. The molecule has 2 aromatic carbocycles. The summed E-state index contributed by atoms with van der Waals surface area (Å²) in [7, 11) is 0. The molecule has 0 spiro atoms. The molecule has 1 aliphatic carbocycles. The van der Waals surface area contributed by atoms with Crippen LogP contribution in [0.4, 0.5) is 5.69 Å². The Kier molecular flexibility index (Phi) is 6.23. The van der Waals surface area contributed by atoms with Crippen molar-refractivity contribution < 1.29 is 9.59 Å². The molecule has 1 aliphatic rings. The number of fused-ring (bicyclic) bond motifs is 1. The molecule has 0 atom stereocenters. The zero-order chi connectivity index (χ0) is 19.2. The van der Waals surface area contributed by atoms with E-state index in [-0.39, 0.29) is 0 Å². The number of ketones is 2. The summed E-state index contributed by atoms with van der Waals surface area (Å²) in [5.74, 6) is -0.864.